The van der Waals surface area contributed by atoms with E-state index < -0.39 is 23.6 Å². The van der Waals surface area contributed by atoms with E-state index in [2.05, 4.69) is 0 Å². The van der Waals surface area contributed by atoms with E-state index in [1.807, 2.05) is 0 Å². The highest BCUT2D eigenvalue weighted by molar-refractivity contribution is 5.29. The van der Waals surface area contributed by atoms with Crippen LogP contribution in [0.25, 0.3) is 0 Å². The average Bonchev–Trinajstić information content (AvgIpc) is 2.16. The summed E-state index contributed by atoms with van der Waals surface area (Å²) in [5, 5.41) is 8.34. The number of nitrogens with two attached hydrogens (primary N) is 1. The summed E-state index contributed by atoms with van der Waals surface area (Å²) in [5.74, 6) is -0.837. The van der Waals surface area contributed by atoms with E-state index in [1.54, 1.807) is 6.07 Å². The van der Waals surface area contributed by atoms with Crippen LogP contribution in [0.2, 0.25) is 0 Å². The van der Waals surface area contributed by atoms with Gasteiger partial charge in [0.05, 0.1) is 18.1 Å². The smallest absolute Gasteiger partial charge is 0.323 e. The highest BCUT2D eigenvalue weighted by Crippen LogP contribution is 2.31. The fraction of sp³-hybridized carbons (Fsp3) is 0.300. The molecular formula is C10H8F4N2. The third-order valence-electron chi connectivity index (χ3n) is 2.03. The lowest BCUT2D eigenvalue weighted by molar-refractivity contribution is -0.137. The van der Waals surface area contributed by atoms with Gasteiger partial charge in [0.2, 0.25) is 0 Å². The van der Waals surface area contributed by atoms with Crippen LogP contribution in [0.5, 0.6) is 0 Å². The summed E-state index contributed by atoms with van der Waals surface area (Å²) in [6, 6.07) is 2.61. The van der Waals surface area contributed by atoms with Gasteiger partial charge in [0.1, 0.15) is 5.82 Å². The van der Waals surface area contributed by atoms with Gasteiger partial charge in [0, 0.05) is 11.6 Å². The van der Waals surface area contributed by atoms with Crippen LogP contribution in [-0.4, -0.2) is 0 Å². The Morgan fingerprint density at radius 3 is 2.50 bits per heavy atom. The molecule has 0 bridgehead atoms. The molecule has 0 aromatic heterocycles. The van der Waals surface area contributed by atoms with Gasteiger partial charge in [-0.1, -0.05) is 0 Å². The third-order valence-corrected chi connectivity index (χ3v) is 2.03. The number of benzene rings is 1. The van der Waals surface area contributed by atoms with Crippen molar-refractivity contribution in [2.45, 2.75) is 18.6 Å². The van der Waals surface area contributed by atoms with Crippen molar-refractivity contribution in [3.05, 3.63) is 35.1 Å². The maximum atomic E-state index is 13.2. The molecular weight excluding hydrogens is 224 g/mol. The molecule has 1 atom stereocenters. The number of rotatable bonds is 2. The Bertz CT molecular complexity index is 420. The predicted octanol–water partition coefficient (Wildman–Crippen LogP) is 2.76. The Morgan fingerprint density at radius 1 is 1.38 bits per heavy atom. The molecule has 86 valence electrons. The van der Waals surface area contributed by atoms with Crippen LogP contribution < -0.4 is 5.73 Å². The van der Waals surface area contributed by atoms with Crippen LogP contribution in [0.15, 0.2) is 18.2 Å². The van der Waals surface area contributed by atoms with E-state index in [9.17, 15) is 17.6 Å². The molecule has 0 aliphatic heterocycles. The minimum Gasteiger partial charge on any atom is -0.323 e. The van der Waals surface area contributed by atoms with E-state index in [1.165, 1.54) is 0 Å². The number of halogens is 4. The molecule has 0 radical (unpaired) electrons. The molecule has 6 heteroatoms. The van der Waals surface area contributed by atoms with Crippen molar-refractivity contribution < 1.29 is 17.6 Å². The maximum Gasteiger partial charge on any atom is 0.416 e. The minimum absolute atomic E-state index is 0.238. The van der Waals surface area contributed by atoms with Gasteiger partial charge in [-0.25, -0.2) is 4.39 Å². The maximum absolute atomic E-state index is 13.2. The van der Waals surface area contributed by atoms with Gasteiger partial charge >= 0.3 is 6.18 Å². The van der Waals surface area contributed by atoms with E-state index in [-0.39, 0.29) is 12.0 Å². The van der Waals surface area contributed by atoms with E-state index in [0.717, 1.165) is 0 Å². The lowest BCUT2D eigenvalue weighted by Crippen LogP contribution is -2.14. The molecule has 0 amide bonds. The van der Waals surface area contributed by atoms with Crippen molar-refractivity contribution in [2.75, 3.05) is 0 Å². The van der Waals surface area contributed by atoms with Crippen molar-refractivity contribution in [1.82, 2.24) is 0 Å². The number of hydrogen-bond acceptors (Lipinski definition) is 2. The summed E-state index contributed by atoms with van der Waals surface area (Å²) in [5.41, 5.74) is 4.12. The zero-order valence-electron chi connectivity index (χ0n) is 8.05. The Morgan fingerprint density at radius 2 is 2.00 bits per heavy atom. The van der Waals surface area contributed by atoms with Gasteiger partial charge in [-0.3, -0.25) is 0 Å². The molecule has 0 saturated carbocycles. The van der Waals surface area contributed by atoms with Crippen molar-refractivity contribution in [2.24, 2.45) is 5.73 Å². The Labute approximate surface area is 89.3 Å². The van der Waals surface area contributed by atoms with Gasteiger partial charge in [-0.05, 0) is 18.2 Å². The van der Waals surface area contributed by atoms with Crippen LogP contribution in [0.1, 0.15) is 23.6 Å². The normalized spacial score (nSPS) is 13.2. The zero-order chi connectivity index (χ0) is 12.3. The number of nitrogens with zero attached hydrogens (tertiary/aromatic N) is 1. The average molecular weight is 232 g/mol. The van der Waals surface area contributed by atoms with Crippen LogP contribution in [-0.2, 0) is 6.18 Å². The van der Waals surface area contributed by atoms with E-state index >= 15 is 0 Å². The quantitative estimate of drug-likeness (QED) is 0.797. The summed E-state index contributed by atoms with van der Waals surface area (Å²) >= 11 is 0. The highest BCUT2D eigenvalue weighted by atomic mass is 19.4. The second kappa shape index (κ2) is 4.49. The molecule has 0 unspecified atom stereocenters. The molecule has 0 heterocycles. The summed E-state index contributed by atoms with van der Waals surface area (Å²) in [6.45, 7) is 0. The fourth-order valence-corrected chi connectivity index (χ4v) is 1.21. The lowest BCUT2D eigenvalue weighted by atomic mass is 10.0. The SMILES string of the molecule is N#CC[C@@H](N)c1cc(C(F)(F)F)ccc1F. The second-order valence-electron chi connectivity index (χ2n) is 3.20. The molecule has 2 nitrogen and oxygen atoms in total. The summed E-state index contributed by atoms with van der Waals surface area (Å²) < 4.78 is 50.1. The summed E-state index contributed by atoms with van der Waals surface area (Å²) in [6.07, 6.45) is -4.78. The number of hydrogen-bond donors (Lipinski definition) is 1. The molecule has 1 aromatic rings. The highest BCUT2D eigenvalue weighted by Gasteiger charge is 2.31. The van der Waals surface area contributed by atoms with Gasteiger partial charge in [-0.15, -0.1) is 0 Å². The lowest BCUT2D eigenvalue weighted by Gasteiger charge is -2.13. The molecule has 16 heavy (non-hydrogen) atoms. The molecule has 1 aromatic carbocycles. The monoisotopic (exact) mass is 232 g/mol. The van der Waals surface area contributed by atoms with Crippen LogP contribution >= 0.6 is 0 Å². The fourth-order valence-electron chi connectivity index (χ4n) is 1.21. The van der Waals surface area contributed by atoms with Crippen LogP contribution in [0.3, 0.4) is 0 Å². The summed E-state index contributed by atoms with van der Waals surface area (Å²) in [4.78, 5) is 0. The van der Waals surface area contributed by atoms with E-state index in [4.69, 9.17) is 11.0 Å². The van der Waals surface area contributed by atoms with Gasteiger partial charge in [-0.2, -0.15) is 18.4 Å². The number of nitriles is 1. The molecule has 1 rings (SSSR count). The molecule has 0 fully saturated rings. The topological polar surface area (TPSA) is 49.8 Å². The Kier molecular flexibility index (Phi) is 3.50. The first kappa shape index (κ1) is 12.5. The first-order valence-electron chi connectivity index (χ1n) is 4.35. The predicted molar refractivity (Wildman–Crippen MR) is 48.6 cm³/mol. The van der Waals surface area contributed by atoms with E-state index in [0.29, 0.717) is 18.2 Å². The standard InChI is InChI=1S/C10H8F4N2/c11-8-2-1-6(10(12,13)14)5-7(8)9(16)3-4-15/h1-2,5,9H,3,16H2/t9-/m1/s1. The van der Waals surface area contributed by atoms with Crippen molar-refractivity contribution >= 4 is 0 Å². The third kappa shape index (κ3) is 2.70. The second-order valence-corrected chi connectivity index (χ2v) is 3.20. The first-order chi connectivity index (χ1) is 7.36. The van der Waals surface area contributed by atoms with Crippen molar-refractivity contribution in [3.8, 4) is 6.07 Å². The zero-order valence-corrected chi connectivity index (χ0v) is 8.05. The molecule has 0 spiro atoms. The van der Waals surface area contributed by atoms with Crippen molar-refractivity contribution in [1.29, 1.82) is 5.26 Å². The molecule has 0 aliphatic rings. The van der Waals surface area contributed by atoms with Gasteiger partial charge in [0.15, 0.2) is 0 Å². The molecule has 0 aliphatic carbocycles. The summed E-state index contributed by atoms with van der Waals surface area (Å²) in [7, 11) is 0. The Balaban J connectivity index is 3.15. The van der Waals surface area contributed by atoms with Crippen LogP contribution in [0, 0.1) is 17.1 Å². The molecule has 2 N–H and O–H groups in total. The number of alkyl halides is 3. The van der Waals surface area contributed by atoms with Gasteiger partial charge in [0.25, 0.3) is 0 Å². The van der Waals surface area contributed by atoms with Crippen LogP contribution in [0.4, 0.5) is 17.6 Å². The first-order valence-corrected chi connectivity index (χ1v) is 4.35. The largest absolute Gasteiger partial charge is 0.416 e. The Hall–Kier alpha value is -1.61. The van der Waals surface area contributed by atoms with Gasteiger partial charge < -0.3 is 5.73 Å². The molecule has 0 saturated heterocycles. The minimum atomic E-state index is -4.55. The van der Waals surface area contributed by atoms with Crippen molar-refractivity contribution in [3.63, 3.8) is 0 Å².